The number of imide groups is 1. The SMILES string of the molecule is CC(=O)N(CCCCN1CCC(c2noc3cc(F)ccc23)CC1)C(N)=O. The first kappa shape index (κ1) is 19.3. The fourth-order valence-electron chi connectivity index (χ4n) is 3.68. The molecule has 2 heterocycles. The molecule has 0 atom stereocenters. The number of nitrogens with two attached hydrogens (primary N) is 1. The second kappa shape index (κ2) is 8.47. The van der Waals surface area contributed by atoms with E-state index in [1.165, 1.54) is 19.1 Å². The van der Waals surface area contributed by atoms with E-state index in [1.807, 2.05) is 0 Å². The molecular weight excluding hydrogens is 351 g/mol. The number of benzene rings is 1. The van der Waals surface area contributed by atoms with Gasteiger partial charge < -0.3 is 15.2 Å². The number of aromatic nitrogens is 1. The Morgan fingerprint density at radius 1 is 1.33 bits per heavy atom. The highest BCUT2D eigenvalue weighted by atomic mass is 19.1. The zero-order valence-electron chi connectivity index (χ0n) is 15.5. The molecule has 27 heavy (non-hydrogen) atoms. The number of piperidine rings is 1. The van der Waals surface area contributed by atoms with E-state index in [-0.39, 0.29) is 11.7 Å². The summed E-state index contributed by atoms with van der Waals surface area (Å²) in [5, 5.41) is 5.07. The lowest BCUT2D eigenvalue weighted by Gasteiger charge is -2.31. The van der Waals surface area contributed by atoms with Gasteiger partial charge in [0, 0.05) is 30.8 Å². The third-order valence-electron chi connectivity index (χ3n) is 5.19. The minimum atomic E-state index is -0.692. The van der Waals surface area contributed by atoms with E-state index in [9.17, 15) is 14.0 Å². The number of carbonyl (C=O) groups excluding carboxylic acids is 2. The van der Waals surface area contributed by atoms with Gasteiger partial charge in [-0.1, -0.05) is 5.16 Å². The molecule has 0 saturated carbocycles. The van der Waals surface area contributed by atoms with Gasteiger partial charge in [0.1, 0.15) is 5.82 Å². The smallest absolute Gasteiger partial charge is 0.321 e. The fourth-order valence-corrected chi connectivity index (χ4v) is 3.68. The molecule has 3 amide bonds. The van der Waals surface area contributed by atoms with Crippen molar-refractivity contribution in [2.45, 2.75) is 38.5 Å². The predicted octanol–water partition coefficient (Wildman–Crippen LogP) is 2.85. The summed E-state index contributed by atoms with van der Waals surface area (Å²) in [4.78, 5) is 26.0. The van der Waals surface area contributed by atoms with Gasteiger partial charge in [0.05, 0.1) is 5.69 Å². The van der Waals surface area contributed by atoms with Crippen molar-refractivity contribution in [1.82, 2.24) is 15.0 Å². The maximum atomic E-state index is 13.3. The van der Waals surface area contributed by atoms with Crippen molar-refractivity contribution in [3.05, 3.63) is 29.7 Å². The number of rotatable bonds is 6. The van der Waals surface area contributed by atoms with Crippen LogP contribution < -0.4 is 5.73 Å². The van der Waals surface area contributed by atoms with Crippen LogP contribution in [0.15, 0.2) is 22.7 Å². The minimum absolute atomic E-state index is 0.316. The number of hydrogen-bond acceptors (Lipinski definition) is 5. The number of urea groups is 1. The van der Waals surface area contributed by atoms with Gasteiger partial charge >= 0.3 is 6.03 Å². The Hall–Kier alpha value is -2.48. The summed E-state index contributed by atoms with van der Waals surface area (Å²) in [6.45, 7) is 4.53. The van der Waals surface area contributed by atoms with Gasteiger partial charge in [0.15, 0.2) is 5.58 Å². The van der Waals surface area contributed by atoms with Crippen LogP contribution >= 0.6 is 0 Å². The molecule has 1 aliphatic rings. The van der Waals surface area contributed by atoms with Crippen molar-refractivity contribution in [2.75, 3.05) is 26.2 Å². The summed E-state index contributed by atoms with van der Waals surface area (Å²) in [6, 6.07) is 3.86. The van der Waals surface area contributed by atoms with E-state index >= 15 is 0 Å². The molecule has 0 spiro atoms. The highest BCUT2D eigenvalue weighted by Gasteiger charge is 2.25. The van der Waals surface area contributed by atoms with Gasteiger partial charge in [0.2, 0.25) is 5.91 Å². The molecule has 146 valence electrons. The van der Waals surface area contributed by atoms with Crippen LogP contribution in [0.2, 0.25) is 0 Å². The fraction of sp³-hybridized carbons (Fsp3) is 0.526. The average molecular weight is 376 g/mol. The van der Waals surface area contributed by atoms with Gasteiger partial charge in [-0.15, -0.1) is 0 Å². The van der Waals surface area contributed by atoms with E-state index in [2.05, 4.69) is 10.1 Å². The number of unbranched alkanes of at least 4 members (excludes halogenated alkanes) is 1. The van der Waals surface area contributed by atoms with Crippen molar-refractivity contribution in [1.29, 1.82) is 0 Å². The van der Waals surface area contributed by atoms with Crippen LogP contribution in [-0.4, -0.2) is 53.1 Å². The average Bonchev–Trinajstić information content (AvgIpc) is 3.04. The van der Waals surface area contributed by atoms with E-state index in [0.717, 1.165) is 61.3 Å². The second-order valence-corrected chi connectivity index (χ2v) is 7.04. The summed E-state index contributed by atoms with van der Waals surface area (Å²) < 4.78 is 18.6. The minimum Gasteiger partial charge on any atom is -0.356 e. The molecule has 0 radical (unpaired) electrons. The summed E-state index contributed by atoms with van der Waals surface area (Å²) >= 11 is 0. The van der Waals surface area contributed by atoms with Gasteiger partial charge in [-0.25, -0.2) is 9.18 Å². The number of amides is 3. The Balaban J connectivity index is 1.45. The number of primary amides is 1. The molecule has 2 N–H and O–H groups in total. The summed E-state index contributed by atoms with van der Waals surface area (Å²) in [6.07, 6.45) is 3.58. The van der Waals surface area contributed by atoms with Crippen LogP contribution in [0.5, 0.6) is 0 Å². The van der Waals surface area contributed by atoms with Crippen LogP contribution in [0, 0.1) is 5.82 Å². The van der Waals surface area contributed by atoms with Crippen molar-refractivity contribution in [3.8, 4) is 0 Å². The lowest BCUT2D eigenvalue weighted by atomic mass is 9.91. The van der Waals surface area contributed by atoms with Crippen molar-refractivity contribution in [2.24, 2.45) is 5.73 Å². The molecule has 8 heteroatoms. The van der Waals surface area contributed by atoms with Crippen LogP contribution in [-0.2, 0) is 4.79 Å². The molecule has 3 rings (SSSR count). The van der Waals surface area contributed by atoms with Crippen LogP contribution in [0.3, 0.4) is 0 Å². The third-order valence-corrected chi connectivity index (χ3v) is 5.19. The number of likely N-dealkylation sites (tertiary alicyclic amines) is 1. The number of hydrogen-bond donors (Lipinski definition) is 1. The summed E-state index contributed by atoms with van der Waals surface area (Å²) in [5.41, 5.74) is 6.61. The molecule has 1 aromatic heterocycles. The first-order valence-electron chi connectivity index (χ1n) is 9.30. The van der Waals surface area contributed by atoms with Gasteiger partial charge in [-0.3, -0.25) is 9.69 Å². The normalized spacial score (nSPS) is 15.9. The number of halogens is 1. The Labute approximate surface area is 157 Å². The second-order valence-electron chi connectivity index (χ2n) is 7.04. The number of fused-ring (bicyclic) bond motifs is 1. The maximum Gasteiger partial charge on any atom is 0.321 e. The molecule has 0 unspecified atom stereocenters. The van der Waals surface area contributed by atoms with Crippen LogP contribution in [0.4, 0.5) is 9.18 Å². The predicted molar refractivity (Wildman–Crippen MR) is 98.6 cm³/mol. The molecule has 7 nitrogen and oxygen atoms in total. The molecule has 0 bridgehead atoms. The maximum absolute atomic E-state index is 13.3. The highest BCUT2D eigenvalue weighted by molar-refractivity contribution is 5.92. The van der Waals surface area contributed by atoms with Crippen molar-refractivity contribution in [3.63, 3.8) is 0 Å². The quantitative estimate of drug-likeness (QED) is 0.783. The zero-order chi connectivity index (χ0) is 19.4. The van der Waals surface area contributed by atoms with E-state index in [0.29, 0.717) is 18.0 Å². The molecule has 2 aromatic rings. The molecule has 1 aliphatic heterocycles. The number of nitrogens with zero attached hydrogens (tertiary/aromatic N) is 3. The Morgan fingerprint density at radius 2 is 2.07 bits per heavy atom. The summed E-state index contributed by atoms with van der Waals surface area (Å²) in [7, 11) is 0. The molecule has 1 aromatic carbocycles. The topological polar surface area (TPSA) is 92.7 Å². The number of carbonyl (C=O) groups is 2. The molecule has 1 saturated heterocycles. The summed E-state index contributed by atoms with van der Waals surface area (Å²) in [5.74, 6) is -0.321. The first-order chi connectivity index (χ1) is 13.0. The highest BCUT2D eigenvalue weighted by Crippen LogP contribution is 2.32. The first-order valence-corrected chi connectivity index (χ1v) is 9.30. The third kappa shape index (κ3) is 4.63. The van der Waals surface area contributed by atoms with Gasteiger partial charge in [0.25, 0.3) is 0 Å². The monoisotopic (exact) mass is 376 g/mol. The van der Waals surface area contributed by atoms with Crippen molar-refractivity contribution >= 4 is 22.9 Å². The zero-order valence-corrected chi connectivity index (χ0v) is 15.5. The van der Waals surface area contributed by atoms with Gasteiger partial charge in [-0.2, -0.15) is 0 Å². The van der Waals surface area contributed by atoms with Crippen molar-refractivity contribution < 1.29 is 18.5 Å². The van der Waals surface area contributed by atoms with Gasteiger partial charge in [-0.05, 0) is 57.5 Å². The Morgan fingerprint density at radius 3 is 2.74 bits per heavy atom. The standard InChI is InChI=1S/C19H25FN4O3/c1-13(25)24(19(21)26)9-3-2-8-23-10-6-14(7-11-23)18-16-5-4-15(20)12-17(16)27-22-18/h4-5,12,14H,2-3,6-11H2,1H3,(H2,21,26). The lowest BCUT2D eigenvalue weighted by Crippen LogP contribution is -2.40. The van der Waals surface area contributed by atoms with Crippen LogP contribution in [0.25, 0.3) is 11.0 Å². The van der Waals surface area contributed by atoms with Crippen LogP contribution in [0.1, 0.15) is 44.2 Å². The van der Waals surface area contributed by atoms with E-state index < -0.39 is 6.03 Å². The Bertz CT molecular complexity index is 800. The molecular formula is C19H25FN4O3. The van der Waals surface area contributed by atoms with E-state index in [1.54, 1.807) is 6.07 Å². The lowest BCUT2D eigenvalue weighted by molar-refractivity contribution is -0.125. The van der Waals surface area contributed by atoms with E-state index in [4.69, 9.17) is 10.3 Å². The molecule has 0 aliphatic carbocycles. The molecule has 1 fully saturated rings. The Kier molecular flexibility index (Phi) is 6.05. The largest absolute Gasteiger partial charge is 0.356 e.